The van der Waals surface area contributed by atoms with Gasteiger partial charge in [0, 0.05) is 23.8 Å². The summed E-state index contributed by atoms with van der Waals surface area (Å²) in [6.45, 7) is 1.89. The van der Waals surface area contributed by atoms with Crippen LogP contribution in [0.2, 0.25) is 0 Å². The predicted octanol–water partition coefficient (Wildman–Crippen LogP) is 2.34. The van der Waals surface area contributed by atoms with Gasteiger partial charge in [0.15, 0.2) is 0 Å². The van der Waals surface area contributed by atoms with Crippen molar-refractivity contribution in [3.05, 3.63) is 29.6 Å². The van der Waals surface area contributed by atoms with E-state index in [1.807, 2.05) is 13.0 Å². The highest BCUT2D eigenvalue weighted by Crippen LogP contribution is 2.41. The first-order valence-corrected chi connectivity index (χ1v) is 7.07. The molecule has 3 atom stereocenters. The number of aliphatic hydroxyl groups is 1. The average molecular weight is 264 g/mol. The largest absolute Gasteiger partial charge is 0.393 e. The molecule has 0 aromatic heterocycles. The van der Waals surface area contributed by atoms with Crippen molar-refractivity contribution < 1.29 is 9.50 Å². The first-order chi connectivity index (χ1) is 9.06. The summed E-state index contributed by atoms with van der Waals surface area (Å²) in [7, 11) is 0. The van der Waals surface area contributed by atoms with Gasteiger partial charge >= 0.3 is 0 Å². The van der Waals surface area contributed by atoms with Crippen molar-refractivity contribution in [3.8, 4) is 0 Å². The number of nitrogens with two attached hydrogens (primary N) is 1. The molecule has 2 saturated heterocycles. The van der Waals surface area contributed by atoms with Gasteiger partial charge in [0.25, 0.3) is 0 Å². The van der Waals surface area contributed by atoms with Crippen LogP contribution in [0.3, 0.4) is 0 Å². The van der Waals surface area contributed by atoms with Crippen molar-refractivity contribution in [1.82, 2.24) is 0 Å². The van der Waals surface area contributed by atoms with Crippen LogP contribution >= 0.6 is 0 Å². The summed E-state index contributed by atoms with van der Waals surface area (Å²) < 4.78 is 13.4. The number of nitrogens with zero attached hydrogens (tertiary/aromatic N) is 1. The van der Waals surface area contributed by atoms with E-state index >= 15 is 0 Å². The highest BCUT2D eigenvalue weighted by molar-refractivity contribution is 5.58. The quantitative estimate of drug-likeness (QED) is 0.862. The van der Waals surface area contributed by atoms with E-state index in [0.717, 1.165) is 36.9 Å². The zero-order chi connectivity index (χ0) is 13.6. The molecule has 19 heavy (non-hydrogen) atoms. The lowest BCUT2D eigenvalue weighted by Crippen LogP contribution is -2.45. The molecule has 0 radical (unpaired) electrons. The molecule has 1 aromatic carbocycles. The Labute approximate surface area is 113 Å². The predicted molar refractivity (Wildman–Crippen MR) is 73.5 cm³/mol. The molecule has 3 nitrogen and oxygen atoms in total. The van der Waals surface area contributed by atoms with Crippen molar-refractivity contribution in [2.75, 3.05) is 4.90 Å². The third kappa shape index (κ3) is 2.23. The summed E-state index contributed by atoms with van der Waals surface area (Å²) in [4.78, 5) is 2.37. The molecule has 104 valence electrons. The monoisotopic (exact) mass is 264 g/mol. The summed E-state index contributed by atoms with van der Waals surface area (Å²) in [6.07, 6.45) is 3.65. The van der Waals surface area contributed by atoms with Gasteiger partial charge in [-0.2, -0.15) is 0 Å². The van der Waals surface area contributed by atoms with Gasteiger partial charge in [-0.25, -0.2) is 4.39 Å². The van der Waals surface area contributed by atoms with Crippen molar-refractivity contribution >= 4 is 5.69 Å². The number of halogens is 1. The normalized spacial score (nSPS) is 31.6. The number of rotatable bonds is 2. The molecule has 0 aliphatic carbocycles. The molecule has 3 rings (SSSR count). The molecule has 2 fully saturated rings. The van der Waals surface area contributed by atoms with Crippen LogP contribution in [0.15, 0.2) is 18.2 Å². The Hall–Kier alpha value is -1.13. The standard InChI is InChI=1S/C15H21FN2O/c1-9(17)14-6-10(16)2-5-15(14)18-11-3-4-12(18)8-13(19)7-11/h2,5-6,9,11-13,19H,3-4,7-8,17H2,1H3/t9-,11?,12?,13?/m1/s1. The fraction of sp³-hybridized carbons (Fsp3) is 0.600. The minimum Gasteiger partial charge on any atom is -0.393 e. The second-order valence-corrected chi connectivity index (χ2v) is 5.91. The van der Waals surface area contributed by atoms with E-state index in [1.54, 1.807) is 6.07 Å². The van der Waals surface area contributed by atoms with Crippen molar-refractivity contribution in [3.63, 3.8) is 0 Å². The minimum absolute atomic E-state index is 0.183. The molecule has 0 amide bonds. The van der Waals surface area contributed by atoms with E-state index in [2.05, 4.69) is 4.90 Å². The Kier molecular flexibility index (Phi) is 3.23. The zero-order valence-corrected chi connectivity index (χ0v) is 11.2. The molecular weight excluding hydrogens is 243 g/mol. The van der Waals surface area contributed by atoms with Crippen LogP contribution in [0.1, 0.15) is 44.2 Å². The van der Waals surface area contributed by atoms with E-state index in [0.29, 0.717) is 12.1 Å². The average Bonchev–Trinajstić information content (AvgIpc) is 2.62. The van der Waals surface area contributed by atoms with Crippen LogP contribution in [0.5, 0.6) is 0 Å². The van der Waals surface area contributed by atoms with Gasteiger partial charge in [0.05, 0.1) is 6.10 Å². The Bertz CT molecular complexity index is 463. The molecular formula is C15H21FN2O. The fourth-order valence-corrected chi connectivity index (χ4v) is 3.67. The number of fused-ring (bicyclic) bond motifs is 2. The lowest BCUT2D eigenvalue weighted by molar-refractivity contribution is 0.126. The molecule has 2 aliphatic rings. The molecule has 2 heterocycles. The van der Waals surface area contributed by atoms with E-state index < -0.39 is 0 Å². The van der Waals surface area contributed by atoms with Gasteiger partial charge in [-0.05, 0) is 56.4 Å². The molecule has 0 saturated carbocycles. The maximum atomic E-state index is 13.4. The maximum absolute atomic E-state index is 13.4. The van der Waals surface area contributed by atoms with Crippen molar-refractivity contribution in [1.29, 1.82) is 0 Å². The van der Waals surface area contributed by atoms with Crippen LogP contribution in [0, 0.1) is 5.82 Å². The first-order valence-electron chi connectivity index (χ1n) is 7.07. The highest BCUT2D eigenvalue weighted by Gasteiger charge is 2.41. The molecule has 3 N–H and O–H groups in total. The van der Waals surface area contributed by atoms with Gasteiger partial charge < -0.3 is 15.7 Å². The summed E-state index contributed by atoms with van der Waals surface area (Å²) in [5.74, 6) is -0.236. The van der Waals surface area contributed by atoms with Gasteiger partial charge in [0.1, 0.15) is 5.82 Å². The molecule has 4 heteroatoms. The van der Waals surface area contributed by atoms with E-state index in [-0.39, 0.29) is 18.0 Å². The number of anilines is 1. The minimum atomic E-state index is -0.236. The Morgan fingerprint density at radius 1 is 1.32 bits per heavy atom. The van der Waals surface area contributed by atoms with Crippen LogP contribution in [0.25, 0.3) is 0 Å². The van der Waals surface area contributed by atoms with Gasteiger partial charge in [-0.15, -0.1) is 0 Å². The maximum Gasteiger partial charge on any atom is 0.123 e. The van der Waals surface area contributed by atoms with Crippen LogP contribution in [0.4, 0.5) is 10.1 Å². The summed E-state index contributed by atoms with van der Waals surface area (Å²) in [6, 6.07) is 5.46. The van der Waals surface area contributed by atoms with Crippen molar-refractivity contribution in [2.24, 2.45) is 5.73 Å². The molecule has 2 aliphatic heterocycles. The van der Waals surface area contributed by atoms with Crippen LogP contribution < -0.4 is 10.6 Å². The third-order valence-corrected chi connectivity index (χ3v) is 4.47. The number of piperidine rings is 1. The Morgan fingerprint density at radius 2 is 1.95 bits per heavy atom. The number of aliphatic hydroxyl groups excluding tert-OH is 1. The Balaban J connectivity index is 1.99. The van der Waals surface area contributed by atoms with Gasteiger partial charge in [-0.3, -0.25) is 0 Å². The molecule has 2 unspecified atom stereocenters. The SMILES string of the molecule is C[C@@H](N)c1cc(F)ccc1N1C2CCC1CC(O)C2. The second-order valence-electron chi connectivity index (χ2n) is 5.91. The summed E-state index contributed by atoms with van der Waals surface area (Å²) in [5.41, 5.74) is 7.91. The van der Waals surface area contributed by atoms with Gasteiger partial charge in [0.2, 0.25) is 0 Å². The van der Waals surface area contributed by atoms with Crippen molar-refractivity contribution in [2.45, 2.75) is 56.8 Å². The number of benzene rings is 1. The topological polar surface area (TPSA) is 49.5 Å². The van der Waals surface area contributed by atoms with Gasteiger partial charge in [-0.1, -0.05) is 0 Å². The number of hydrogen-bond acceptors (Lipinski definition) is 3. The Morgan fingerprint density at radius 3 is 2.53 bits per heavy atom. The summed E-state index contributed by atoms with van der Waals surface area (Å²) >= 11 is 0. The highest BCUT2D eigenvalue weighted by atomic mass is 19.1. The molecule has 0 spiro atoms. The number of hydrogen-bond donors (Lipinski definition) is 2. The van der Waals surface area contributed by atoms with E-state index in [9.17, 15) is 9.50 Å². The van der Waals surface area contributed by atoms with Crippen LogP contribution in [-0.4, -0.2) is 23.3 Å². The molecule has 1 aromatic rings. The second kappa shape index (κ2) is 4.76. The summed E-state index contributed by atoms with van der Waals surface area (Å²) in [5, 5.41) is 9.87. The smallest absolute Gasteiger partial charge is 0.123 e. The zero-order valence-electron chi connectivity index (χ0n) is 11.2. The van der Waals surface area contributed by atoms with Crippen LogP contribution in [-0.2, 0) is 0 Å². The fourth-order valence-electron chi connectivity index (χ4n) is 3.67. The lowest BCUT2D eigenvalue weighted by Gasteiger charge is -2.40. The molecule has 2 bridgehead atoms. The van der Waals surface area contributed by atoms with E-state index in [1.165, 1.54) is 6.07 Å². The lowest BCUT2D eigenvalue weighted by atomic mass is 9.96. The first kappa shape index (κ1) is 12.9. The van der Waals surface area contributed by atoms with E-state index in [4.69, 9.17) is 5.73 Å². The third-order valence-electron chi connectivity index (χ3n) is 4.47.